The van der Waals surface area contributed by atoms with Gasteiger partial charge >= 0.3 is 0 Å². The average Bonchev–Trinajstić information content (AvgIpc) is 2.19. The van der Waals surface area contributed by atoms with Crippen molar-refractivity contribution >= 4 is 11.3 Å². The molecule has 1 aromatic rings. The first kappa shape index (κ1) is 5.40. The predicted octanol–water partition coefficient (Wildman–Crippen LogP) is 1.88. The molecule has 0 saturated carbocycles. The van der Waals surface area contributed by atoms with Crippen LogP contribution in [0, 0.1) is 12.3 Å². The van der Waals surface area contributed by atoms with Crippen LogP contribution in [-0.2, 0) is 6.42 Å². The van der Waals surface area contributed by atoms with Crippen molar-refractivity contribution in [2.45, 2.75) is 6.42 Å². The monoisotopic (exact) mass is 121 g/mol. The summed E-state index contributed by atoms with van der Waals surface area (Å²) in [6.07, 6.45) is 7.30. The Labute approximate surface area is 53.2 Å². The molecule has 0 amide bonds. The van der Waals surface area contributed by atoms with E-state index in [4.69, 9.17) is 6.42 Å². The maximum Gasteiger partial charge on any atom is 0.0444 e. The maximum absolute atomic E-state index is 6.64. The highest BCUT2D eigenvalue weighted by Gasteiger charge is 1.85. The van der Waals surface area contributed by atoms with E-state index in [1.807, 2.05) is 17.5 Å². The number of hydrogen-bond acceptors (Lipinski definition) is 1. The Hall–Kier alpha value is -0.740. The van der Waals surface area contributed by atoms with Crippen molar-refractivity contribution < 1.29 is 0 Å². The van der Waals surface area contributed by atoms with Crippen LogP contribution >= 0.6 is 11.3 Å². The van der Waals surface area contributed by atoms with Gasteiger partial charge < -0.3 is 0 Å². The highest BCUT2D eigenvalue weighted by atomic mass is 32.1. The highest BCUT2D eigenvalue weighted by molar-refractivity contribution is 7.09. The van der Waals surface area contributed by atoms with E-state index in [-0.39, 0.29) is 0 Å². The molecule has 0 unspecified atom stereocenters. The van der Waals surface area contributed by atoms with Crippen molar-refractivity contribution in [3.63, 3.8) is 0 Å². The first-order chi connectivity index (χ1) is 3.93. The summed E-state index contributed by atoms with van der Waals surface area (Å²) in [4.78, 5) is 1.21. The second-order valence-electron chi connectivity index (χ2n) is 1.43. The fourth-order valence-electron chi connectivity index (χ4n) is 0.500. The van der Waals surface area contributed by atoms with Crippen molar-refractivity contribution in [3.05, 3.63) is 28.8 Å². The van der Waals surface area contributed by atoms with Gasteiger partial charge in [0.15, 0.2) is 0 Å². The van der Waals surface area contributed by atoms with E-state index >= 15 is 0 Å². The Balaban J connectivity index is 2.67. The van der Waals surface area contributed by atoms with Crippen LogP contribution in [0.15, 0.2) is 17.5 Å². The first-order valence-electron chi connectivity index (χ1n) is 2.35. The zero-order valence-corrected chi connectivity index (χ0v) is 5.16. The summed E-state index contributed by atoms with van der Waals surface area (Å²) in [5.74, 6) is 2.33. The molecule has 0 nitrogen and oxygen atoms in total. The van der Waals surface area contributed by atoms with E-state index < -0.39 is 0 Å². The van der Waals surface area contributed by atoms with Crippen LogP contribution in [0.2, 0.25) is 0 Å². The van der Waals surface area contributed by atoms with Gasteiger partial charge in [-0.1, -0.05) is 12.0 Å². The molecule has 39 valence electrons. The van der Waals surface area contributed by atoms with Crippen LogP contribution in [-0.4, -0.2) is 0 Å². The molecule has 0 aromatic carbocycles. The number of thiophene rings is 1. The quantitative estimate of drug-likeness (QED) is 0.498. The normalized spacial score (nSPS) is 8.38. The lowest BCUT2D eigenvalue weighted by Gasteiger charge is -1.78. The van der Waals surface area contributed by atoms with Crippen molar-refractivity contribution in [2.24, 2.45) is 0 Å². The van der Waals surface area contributed by atoms with Crippen LogP contribution in [0.1, 0.15) is 4.88 Å². The molecule has 0 fully saturated rings. The summed E-state index contributed by atoms with van der Waals surface area (Å²) < 4.78 is 0. The molecule has 0 atom stereocenters. The summed E-state index contributed by atoms with van der Waals surface area (Å²) >= 11 is 1.66. The van der Waals surface area contributed by atoms with Crippen LogP contribution in [0.3, 0.4) is 0 Å². The van der Waals surface area contributed by atoms with Crippen LogP contribution in [0.25, 0.3) is 0 Å². The predicted molar refractivity (Wildman–Crippen MR) is 35.2 cm³/mol. The molecule has 0 N–H and O–H groups in total. The van der Waals surface area contributed by atoms with E-state index in [2.05, 4.69) is 5.92 Å². The fourth-order valence-corrected chi connectivity index (χ4v) is 1.14. The van der Waals surface area contributed by atoms with Gasteiger partial charge in [-0.25, -0.2) is 0 Å². The minimum absolute atomic E-state index is 0.664. The van der Waals surface area contributed by atoms with Crippen LogP contribution in [0.4, 0.5) is 0 Å². The van der Waals surface area contributed by atoms with Crippen molar-refractivity contribution in [2.75, 3.05) is 0 Å². The third-order valence-electron chi connectivity index (χ3n) is 0.843. The van der Waals surface area contributed by atoms with Gasteiger partial charge in [-0.2, -0.15) is 0 Å². The van der Waals surface area contributed by atoms with Gasteiger partial charge in [0, 0.05) is 11.3 Å². The Morgan fingerprint density at radius 2 is 2.62 bits per heavy atom. The molecular weight excluding hydrogens is 116 g/mol. The van der Waals surface area contributed by atoms with Gasteiger partial charge in [0.2, 0.25) is 0 Å². The third-order valence-corrected chi connectivity index (χ3v) is 1.72. The van der Waals surface area contributed by atoms with Gasteiger partial charge in [0.1, 0.15) is 0 Å². The smallest absolute Gasteiger partial charge is 0.0444 e. The van der Waals surface area contributed by atoms with Gasteiger partial charge in [0.05, 0.1) is 0 Å². The number of hydrogen-bond donors (Lipinski definition) is 0. The Morgan fingerprint density at radius 3 is 3.12 bits per heavy atom. The lowest BCUT2D eigenvalue weighted by Crippen LogP contribution is -1.67. The summed E-state index contributed by atoms with van der Waals surface area (Å²) in [7, 11) is 0. The Kier molecular flexibility index (Phi) is 1.71. The lowest BCUT2D eigenvalue weighted by atomic mass is 10.4. The molecule has 0 aliphatic heterocycles. The van der Waals surface area contributed by atoms with E-state index in [0.29, 0.717) is 6.42 Å². The molecule has 1 aromatic heterocycles. The summed E-state index contributed by atoms with van der Waals surface area (Å²) in [6, 6.07) is 3.99. The molecule has 1 heteroatoms. The van der Waals surface area contributed by atoms with Gasteiger partial charge in [-0.05, 0) is 17.9 Å². The molecular formula is C7H5S. The zero-order chi connectivity index (χ0) is 5.82. The molecule has 1 rings (SSSR count). The van der Waals surface area contributed by atoms with E-state index in [1.165, 1.54) is 4.88 Å². The third kappa shape index (κ3) is 1.11. The van der Waals surface area contributed by atoms with Crippen LogP contribution < -0.4 is 0 Å². The lowest BCUT2D eigenvalue weighted by molar-refractivity contribution is 1.41. The Bertz CT molecular complexity index is 179. The summed E-state index contributed by atoms with van der Waals surface area (Å²) in [6.45, 7) is 0. The highest BCUT2D eigenvalue weighted by Crippen LogP contribution is 2.07. The summed E-state index contributed by atoms with van der Waals surface area (Å²) in [5, 5.41) is 2.01. The minimum atomic E-state index is 0.664. The maximum atomic E-state index is 6.64. The first-order valence-corrected chi connectivity index (χ1v) is 3.23. The molecule has 0 bridgehead atoms. The molecule has 1 heterocycles. The standard InChI is InChI=1S/C7H5S/c1-2-4-7-5-3-6-8-7/h3,5-6H,4H2. The van der Waals surface area contributed by atoms with Gasteiger partial charge in [-0.15, -0.1) is 11.3 Å². The molecule has 1 radical (unpaired) electrons. The van der Waals surface area contributed by atoms with E-state index in [1.54, 1.807) is 11.3 Å². The fraction of sp³-hybridized carbons (Fsp3) is 0.143. The van der Waals surface area contributed by atoms with E-state index in [0.717, 1.165) is 0 Å². The number of rotatable bonds is 1. The average molecular weight is 121 g/mol. The molecule has 8 heavy (non-hydrogen) atoms. The summed E-state index contributed by atoms with van der Waals surface area (Å²) in [5.41, 5.74) is 0. The largest absolute Gasteiger partial charge is 0.148 e. The minimum Gasteiger partial charge on any atom is -0.148 e. The van der Waals surface area contributed by atoms with Gasteiger partial charge in [0.25, 0.3) is 0 Å². The SMILES string of the molecule is [C]#CCc1cccs1. The molecule has 0 spiro atoms. The molecule has 0 aliphatic carbocycles. The second kappa shape index (κ2) is 2.54. The van der Waals surface area contributed by atoms with Crippen molar-refractivity contribution in [1.82, 2.24) is 0 Å². The zero-order valence-electron chi connectivity index (χ0n) is 4.35. The topological polar surface area (TPSA) is 0 Å². The van der Waals surface area contributed by atoms with Crippen LogP contribution in [0.5, 0.6) is 0 Å². The van der Waals surface area contributed by atoms with Crippen molar-refractivity contribution in [3.8, 4) is 5.92 Å². The van der Waals surface area contributed by atoms with Gasteiger partial charge in [-0.3, -0.25) is 0 Å². The molecule has 0 saturated heterocycles. The van der Waals surface area contributed by atoms with Crippen molar-refractivity contribution in [1.29, 1.82) is 0 Å². The van der Waals surface area contributed by atoms with E-state index in [9.17, 15) is 0 Å². The molecule has 0 aliphatic rings. The second-order valence-corrected chi connectivity index (χ2v) is 2.47. The Morgan fingerprint density at radius 1 is 1.75 bits per heavy atom.